The fourth-order valence-electron chi connectivity index (χ4n) is 0.830. The van der Waals surface area contributed by atoms with Crippen LogP contribution in [0.25, 0.3) is 0 Å². The zero-order chi connectivity index (χ0) is 9.68. The van der Waals surface area contributed by atoms with Gasteiger partial charge in [0.2, 0.25) is 0 Å². The van der Waals surface area contributed by atoms with Gasteiger partial charge in [0.05, 0.1) is 11.4 Å². The Bertz CT molecular complexity index is 301. The lowest BCUT2D eigenvalue weighted by molar-refractivity contribution is 0.0529. The molecule has 2 nitrogen and oxygen atoms in total. The summed E-state index contributed by atoms with van der Waals surface area (Å²) in [6.45, 7) is 0.243. The topological polar surface area (TPSA) is 26.3 Å². The highest BCUT2D eigenvalue weighted by Crippen LogP contribution is 2.12. The minimum absolute atomic E-state index is 0.243. The van der Waals surface area contributed by atoms with Crippen LogP contribution in [0.2, 0.25) is 0 Å². The van der Waals surface area contributed by atoms with Crippen LogP contribution in [-0.4, -0.2) is 18.5 Å². The lowest BCUT2D eigenvalue weighted by atomic mass is 10.2. The molecule has 0 spiro atoms. The summed E-state index contributed by atoms with van der Waals surface area (Å²) in [6, 6.07) is 7.03. The summed E-state index contributed by atoms with van der Waals surface area (Å²) in [5.74, 6) is -0.0262. The van der Waals surface area contributed by atoms with Gasteiger partial charge in [0.1, 0.15) is 6.61 Å². The Labute approximate surface area is 90.0 Å². The second-order valence-corrected chi connectivity index (χ2v) is 3.63. The normalized spacial score (nSPS) is 9.69. The number of carbonyl (C=O) groups is 1. The van der Waals surface area contributed by atoms with Crippen LogP contribution >= 0.6 is 27.5 Å². The molecule has 0 fully saturated rings. The molecule has 0 radical (unpaired) electrons. The second-order valence-electron chi connectivity index (χ2n) is 2.34. The Balaban J connectivity index is 2.66. The summed E-state index contributed by atoms with van der Waals surface area (Å²) >= 11 is 8.64. The first-order chi connectivity index (χ1) is 6.24. The van der Waals surface area contributed by atoms with Crippen LogP contribution in [0.15, 0.2) is 28.7 Å². The van der Waals surface area contributed by atoms with Crippen LogP contribution in [0.5, 0.6) is 0 Å². The van der Waals surface area contributed by atoms with E-state index in [1.807, 2.05) is 6.07 Å². The number of ether oxygens (including phenoxy) is 1. The van der Waals surface area contributed by atoms with Crippen molar-refractivity contribution in [2.45, 2.75) is 0 Å². The highest BCUT2D eigenvalue weighted by Gasteiger charge is 2.05. The van der Waals surface area contributed by atoms with Gasteiger partial charge in [-0.1, -0.05) is 22.0 Å². The third-order valence-corrected chi connectivity index (χ3v) is 2.02. The van der Waals surface area contributed by atoms with Gasteiger partial charge in [0.15, 0.2) is 0 Å². The number of rotatable bonds is 3. The number of hydrogen-bond acceptors (Lipinski definition) is 2. The van der Waals surface area contributed by atoms with E-state index in [2.05, 4.69) is 15.9 Å². The quantitative estimate of drug-likeness (QED) is 0.619. The predicted molar refractivity (Wildman–Crippen MR) is 55.1 cm³/mol. The van der Waals surface area contributed by atoms with Gasteiger partial charge in [-0.25, -0.2) is 4.79 Å². The van der Waals surface area contributed by atoms with E-state index in [0.717, 1.165) is 4.47 Å². The number of benzene rings is 1. The van der Waals surface area contributed by atoms with Gasteiger partial charge < -0.3 is 4.74 Å². The fourth-order valence-corrected chi connectivity index (χ4v) is 1.31. The monoisotopic (exact) mass is 262 g/mol. The Kier molecular flexibility index (Phi) is 4.25. The lowest BCUT2D eigenvalue weighted by Gasteiger charge is -2.02. The second kappa shape index (κ2) is 5.25. The van der Waals surface area contributed by atoms with E-state index in [9.17, 15) is 4.79 Å². The van der Waals surface area contributed by atoms with Crippen molar-refractivity contribution in [2.24, 2.45) is 0 Å². The van der Waals surface area contributed by atoms with E-state index in [1.54, 1.807) is 18.2 Å². The largest absolute Gasteiger partial charge is 0.461 e. The van der Waals surface area contributed by atoms with Crippen molar-refractivity contribution >= 4 is 33.5 Å². The Morgan fingerprint density at radius 3 is 2.92 bits per heavy atom. The van der Waals surface area contributed by atoms with E-state index in [4.69, 9.17) is 16.3 Å². The summed E-state index contributed by atoms with van der Waals surface area (Å²) in [5, 5.41) is 0. The molecule has 0 heterocycles. The molecular weight excluding hydrogens is 255 g/mol. The molecule has 1 aromatic carbocycles. The van der Waals surface area contributed by atoms with Crippen LogP contribution < -0.4 is 0 Å². The van der Waals surface area contributed by atoms with Crippen molar-refractivity contribution in [3.63, 3.8) is 0 Å². The first kappa shape index (κ1) is 10.5. The first-order valence-corrected chi connectivity index (χ1v) is 5.05. The number of halogens is 2. The van der Waals surface area contributed by atoms with E-state index in [1.165, 1.54) is 0 Å². The molecule has 0 unspecified atom stereocenters. The molecule has 0 aliphatic rings. The zero-order valence-corrected chi connectivity index (χ0v) is 9.14. The van der Waals surface area contributed by atoms with Crippen molar-refractivity contribution < 1.29 is 9.53 Å². The van der Waals surface area contributed by atoms with Crippen molar-refractivity contribution in [3.05, 3.63) is 34.3 Å². The maximum absolute atomic E-state index is 11.3. The molecule has 0 bridgehead atoms. The molecule has 1 aromatic rings. The molecule has 70 valence electrons. The summed E-state index contributed by atoms with van der Waals surface area (Å²) in [4.78, 5) is 11.3. The molecule has 13 heavy (non-hydrogen) atoms. The van der Waals surface area contributed by atoms with E-state index in [0.29, 0.717) is 11.4 Å². The van der Waals surface area contributed by atoms with Gasteiger partial charge in [-0.2, -0.15) is 0 Å². The SMILES string of the molecule is O=C(OCCCl)c1cccc(Br)c1. The van der Waals surface area contributed by atoms with Gasteiger partial charge in [-0.3, -0.25) is 0 Å². The standard InChI is InChI=1S/C9H8BrClO2/c10-8-3-1-2-7(6-8)9(12)13-5-4-11/h1-3,6H,4-5H2. The predicted octanol–water partition coefficient (Wildman–Crippen LogP) is 2.84. The summed E-state index contributed by atoms with van der Waals surface area (Å²) in [5.41, 5.74) is 0.527. The van der Waals surface area contributed by atoms with Crippen molar-refractivity contribution in [2.75, 3.05) is 12.5 Å². The fraction of sp³-hybridized carbons (Fsp3) is 0.222. The van der Waals surface area contributed by atoms with Crippen LogP contribution in [0.1, 0.15) is 10.4 Å². The third kappa shape index (κ3) is 3.36. The zero-order valence-electron chi connectivity index (χ0n) is 6.80. The highest BCUT2D eigenvalue weighted by molar-refractivity contribution is 9.10. The molecule has 0 aromatic heterocycles. The Hall–Kier alpha value is -0.540. The molecular formula is C9H8BrClO2. The average molecular weight is 264 g/mol. The van der Waals surface area contributed by atoms with Crippen molar-refractivity contribution in [3.8, 4) is 0 Å². The van der Waals surface area contributed by atoms with E-state index < -0.39 is 0 Å². The number of carbonyl (C=O) groups excluding carboxylic acids is 1. The molecule has 0 N–H and O–H groups in total. The summed E-state index contributed by atoms with van der Waals surface area (Å²) in [6.07, 6.45) is 0. The molecule has 0 atom stereocenters. The molecule has 0 saturated carbocycles. The van der Waals surface area contributed by atoms with Crippen LogP contribution in [0, 0.1) is 0 Å². The third-order valence-electron chi connectivity index (χ3n) is 1.37. The molecule has 0 aliphatic carbocycles. The summed E-state index contributed by atoms with van der Waals surface area (Å²) < 4.78 is 5.69. The van der Waals surface area contributed by atoms with Crippen LogP contribution in [0.3, 0.4) is 0 Å². The average Bonchev–Trinajstić information content (AvgIpc) is 2.14. The minimum Gasteiger partial charge on any atom is -0.461 e. The van der Waals surface area contributed by atoms with Crippen molar-refractivity contribution in [1.82, 2.24) is 0 Å². The van der Waals surface area contributed by atoms with Gasteiger partial charge >= 0.3 is 5.97 Å². The maximum atomic E-state index is 11.3. The first-order valence-electron chi connectivity index (χ1n) is 3.72. The molecule has 4 heteroatoms. The number of hydrogen-bond donors (Lipinski definition) is 0. The maximum Gasteiger partial charge on any atom is 0.338 e. The number of esters is 1. The highest BCUT2D eigenvalue weighted by atomic mass is 79.9. The lowest BCUT2D eigenvalue weighted by Crippen LogP contribution is -2.06. The van der Waals surface area contributed by atoms with Gasteiger partial charge in [0, 0.05) is 4.47 Å². The molecule has 0 amide bonds. The van der Waals surface area contributed by atoms with Crippen LogP contribution in [0.4, 0.5) is 0 Å². The number of alkyl halides is 1. The van der Waals surface area contributed by atoms with E-state index >= 15 is 0 Å². The Morgan fingerprint density at radius 2 is 2.31 bits per heavy atom. The molecule has 0 aliphatic heterocycles. The van der Waals surface area contributed by atoms with Crippen molar-refractivity contribution in [1.29, 1.82) is 0 Å². The summed E-state index contributed by atoms with van der Waals surface area (Å²) in [7, 11) is 0. The van der Waals surface area contributed by atoms with E-state index in [-0.39, 0.29) is 12.6 Å². The van der Waals surface area contributed by atoms with Gasteiger partial charge in [-0.15, -0.1) is 11.6 Å². The van der Waals surface area contributed by atoms with Gasteiger partial charge in [0.25, 0.3) is 0 Å². The Morgan fingerprint density at radius 1 is 1.54 bits per heavy atom. The molecule has 0 saturated heterocycles. The molecule has 1 rings (SSSR count). The smallest absolute Gasteiger partial charge is 0.338 e. The van der Waals surface area contributed by atoms with Crippen LogP contribution in [-0.2, 0) is 4.74 Å². The minimum atomic E-state index is -0.345. The van der Waals surface area contributed by atoms with Gasteiger partial charge in [-0.05, 0) is 18.2 Å².